The average Bonchev–Trinajstić information content (AvgIpc) is 2.31. The number of imidazole rings is 1. The summed E-state index contributed by atoms with van der Waals surface area (Å²) >= 11 is 0. The second-order valence-corrected chi connectivity index (χ2v) is 2.21. The van der Waals surface area contributed by atoms with Gasteiger partial charge in [-0.1, -0.05) is 0 Å². The summed E-state index contributed by atoms with van der Waals surface area (Å²) in [6.45, 7) is -0.444. The van der Waals surface area contributed by atoms with Gasteiger partial charge in [-0.3, -0.25) is 0 Å². The maximum absolute atomic E-state index is 11.7. The fourth-order valence-corrected chi connectivity index (χ4v) is 0.572. The number of halogens is 5. The van der Waals surface area contributed by atoms with Crippen LogP contribution in [0.25, 0.3) is 0 Å². The molecule has 1 aromatic rings. The Morgan fingerprint density at radius 1 is 1.31 bits per heavy atom. The molecule has 1 rings (SSSR count). The van der Waals surface area contributed by atoms with Gasteiger partial charge in [0.15, 0.2) is 0 Å². The lowest BCUT2D eigenvalue weighted by atomic mass is 10.3. The van der Waals surface area contributed by atoms with Crippen LogP contribution in [0.3, 0.4) is 0 Å². The molecule has 2 nitrogen and oxygen atoms in total. The first kappa shape index (κ1) is 11.9. The Bertz CT molecular complexity index is 239. The lowest BCUT2D eigenvalue weighted by molar-refractivity contribution is -0.671. The molecule has 0 unspecified atom stereocenters. The van der Waals surface area contributed by atoms with Gasteiger partial charge < -0.3 is 17.3 Å². The highest BCUT2D eigenvalue weighted by Crippen LogP contribution is 2.06. The van der Waals surface area contributed by atoms with Crippen LogP contribution in [0.15, 0.2) is 18.7 Å². The van der Waals surface area contributed by atoms with Crippen molar-refractivity contribution in [2.24, 2.45) is 7.05 Å². The molecular weight excluding hydrogens is 194 g/mol. The highest BCUT2D eigenvalue weighted by Gasteiger charge is 2.20. The van der Waals surface area contributed by atoms with E-state index < -0.39 is 14.1 Å². The molecule has 0 bridgehead atoms. The minimum absolute atomic E-state index is 0.444. The predicted octanol–water partition coefficient (Wildman–Crippen LogP) is 1.54. The minimum Gasteiger partial charge on any atom is -0.418 e. The van der Waals surface area contributed by atoms with Crippen LogP contribution < -0.4 is 4.57 Å². The van der Waals surface area contributed by atoms with Crippen molar-refractivity contribution in [2.45, 2.75) is 6.80 Å². The van der Waals surface area contributed by atoms with Crippen molar-refractivity contribution in [3.05, 3.63) is 18.7 Å². The second kappa shape index (κ2) is 4.83. The van der Waals surface area contributed by atoms with Gasteiger partial charge in [-0.05, 0) is 0 Å². The Morgan fingerprint density at radius 3 is 1.92 bits per heavy atom. The van der Waals surface area contributed by atoms with Gasteiger partial charge >= 0.3 is 7.25 Å². The summed E-state index contributed by atoms with van der Waals surface area (Å²) in [5, 5.41) is 0. The van der Waals surface area contributed by atoms with Crippen LogP contribution in [0, 0.1) is 0 Å². The van der Waals surface area contributed by atoms with Crippen molar-refractivity contribution in [1.29, 1.82) is 0 Å². The summed E-state index contributed by atoms with van der Waals surface area (Å²) in [6.07, 6.45) is 5.15. The van der Waals surface area contributed by atoms with E-state index in [1.54, 1.807) is 23.3 Å². The molecule has 0 aliphatic rings. The zero-order valence-corrected chi connectivity index (χ0v) is 6.80. The quantitative estimate of drug-likeness (QED) is 0.371. The summed E-state index contributed by atoms with van der Waals surface area (Å²) in [7, 11) is -4.15. The second-order valence-electron chi connectivity index (χ2n) is 2.21. The van der Waals surface area contributed by atoms with Gasteiger partial charge in [0, 0.05) is 0 Å². The largest absolute Gasteiger partial charge is 0.673 e. The van der Waals surface area contributed by atoms with Crippen molar-refractivity contribution in [1.82, 2.24) is 4.57 Å². The molecule has 0 N–H and O–H groups in total. The molecule has 0 aliphatic heterocycles. The molecule has 1 aromatic heterocycles. The van der Waals surface area contributed by atoms with Gasteiger partial charge in [0.1, 0.15) is 12.4 Å². The molecule has 0 amide bonds. The van der Waals surface area contributed by atoms with Crippen molar-refractivity contribution in [3.63, 3.8) is 0 Å². The number of aromatic nitrogens is 2. The predicted molar refractivity (Wildman–Crippen MR) is 36.9 cm³/mol. The zero-order valence-electron chi connectivity index (χ0n) is 6.80. The lowest BCUT2D eigenvalue weighted by Crippen LogP contribution is -2.23. The van der Waals surface area contributed by atoms with Gasteiger partial charge in [-0.25, -0.2) is 13.5 Å². The number of aryl methyl sites for hydroxylation is 1. The Labute approximate surface area is 71.7 Å². The lowest BCUT2D eigenvalue weighted by Gasteiger charge is -1.94. The first-order valence-corrected chi connectivity index (χ1v) is 3.27. The normalized spacial score (nSPS) is 10.6. The number of hydrogen-bond acceptors (Lipinski definition) is 0. The van der Waals surface area contributed by atoms with E-state index in [9.17, 15) is 21.7 Å². The average molecular weight is 202 g/mol. The molecule has 0 spiro atoms. The molecule has 0 aromatic carbocycles. The molecule has 0 atom stereocenters. The third kappa shape index (κ3) is 8.83. The van der Waals surface area contributed by atoms with E-state index in [0.29, 0.717) is 0 Å². The monoisotopic (exact) mass is 202 g/mol. The van der Waals surface area contributed by atoms with E-state index in [4.69, 9.17) is 0 Å². The SMILES string of the molecule is C[n+]1ccn(CF)c1.F[B-](F)(F)F. The van der Waals surface area contributed by atoms with E-state index in [1.165, 1.54) is 4.57 Å². The van der Waals surface area contributed by atoms with Crippen molar-refractivity contribution in [3.8, 4) is 0 Å². The molecule has 76 valence electrons. The highest BCUT2D eigenvalue weighted by atomic mass is 19.5. The van der Waals surface area contributed by atoms with Crippen LogP contribution in [0.2, 0.25) is 0 Å². The highest BCUT2D eigenvalue weighted by molar-refractivity contribution is 6.50. The standard InChI is InChI=1S/C5H8FN2.BF4/c1-7-2-3-8(4-6)5-7;2-1(3,4)5/h2-3,5H,4H2,1H3;/q+1;-1. The van der Waals surface area contributed by atoms with Gasteiger partial charge in [-0.15, -0.1) is 0 Å². The summed E-state index contributed by atoms with van der Waals surface area (Å²) in [4.78, 5) is 0. The van der Waals surface area contributed by atoms with Crippen LogP contribution in [0.4, 0.5) is 21.7 Å². The van der Waals surface area contributed by atoms with E-state index in [0.717, 1.165) is 0 Å². The molecule has 13 heavy (non-hydrogen) atoms. The summed E-state index contributed by atoms with van der Waals surface area (Å²) in [5.41, 5.74) is 0. The Hall–Kier alpha value is -1.08. The van der Waals surface area contributed by atoms with Gasteiger partial charge in [0.2, 0.25) is 13.1 Å². The van der Waals surface area contributed by atoms with E-state index in [2.05, 4.69) is 0 Å². The van der Waals surface area contributed by atoms with Gasteiger partial charge in [-0.2, -0.15) is 0 Å². The molecule has 0 saturated heterocycles. The third-order valence-corrected chi connectivity index (χ3v) is 0.962. The van der Waals surface area contributed by atoms with Crippen LogP contribution in [0.5, 0.6) is 0 Å². The summed E-state index contributed by atoms with van der Waals surface area (Å²) < 4.78 is 53.9. The van der Waals surface area contributed by atoms with Crippen LogP contribution in [-0.4, -0.2) is 11.8 Å². The molecule has 8 heteroatoms. The number of hydrogen-bond donors (Lipinski definition) is 0. The molecule has 0 radical (unpaired) electrons. The molecular formula is C5H8BF5N2. The first-order chi connectivity index (χ1) is 5.83. The zero-order chi connectivity index (χ0) is 10.5. The Balaban J connectivity index is 0.000000252. The van der Waals surface area contributed by atoms with Crippen LogP contribution >= 0.6 is 0 Å². The third-order valence-electron chi connectivity index (χ3n) is 0.962. The van der Waals surface area contributed by atoms with Crippen molar-refractivity contribution in [2.75, 3.05) is 0 Å². The topological polar surface area (TPSA) is 8.81 Å². The molecule has 1 heterocycles. The summed E-state index contributed by atoms with van der Waals surface area (Å²) in [6, 6.07) is 0. The van der Waals surface area contributed by atoms with E-state index in [1.807, 2.05) is 7.05 Å². The first-order valence-electron chi connectivity index (χ1n) is 3.27. The molecule has 0 saturated carbocycles. The summed E-state index contributed by atoms with van der Waals surface area (Å²) in [5.74, 6) is 0. The van der Waals surface area contributed by atoms with Crippen molar-refractivity contribution >= 4 is 7.25 Å². The number of alkyl halides is 1. The molecule has 0 aliphatic carbocycles. The van der Waals surface area contributed by atoms with Crippen LogP contribution in [0.1, 0.15) is 0 Å². The fourth-order valence-electron chi connectivity index (χ4n) is 0.572. The molecule has 0 fully saturated rings. The van der Waals surface area contributed by atoms with Gasteiger partial charge in [0.05, 0.1) is 7.05 Å². The van der Waals surface area contributed by atoms with Gasteiger partial charge in [0.25, 0.3) is 0 Å². The number of rotatable bonds is 1. The van der Waals surface area contributed by atoms with E-state index in [-0.39, 0.29) is 0 Å². The Kier molecular flexibility index (Phi) is 4.43. The Morgan fingerprint density at radius 2 is 1.77 bits per heavy atom. The van der Waals surface area contributed by atoms with E-state index >= 15 is 0 Å². The smallest absolute Gasteiger partial charge is 0.418 e. The number of nitrogens with zero attached hydrogens (tertiary/aromatic N) is 2. The van der Waals surface area contributed by atoms with Crippen LogP contribution in [-0.2, 0) is 13.8 Å². The van der Waals surface area contributed by atoms with Crippen molar-refractivity contribution < 1.29 is 26.2 Å². The fraction of sp³-hybridized carbons (Fsp3) is 0.400. The maximum atomic E-state index is 11.7. The minimum atomic E-state index is -6.00. The maximum Gasteiger partial charge on any atom is 0.673 e.